The van der Waals surface area contributed by atoms with Crippen LogP contribution in [0.2, 0.25) is 0 Å². The largest absolute Gasteiger partial charge is 0.369 e. The first-order chi connectivity index (χ1) is 10.9. The molecule has 0 amide bonds. The Balaban J connectivity index is 1.82. The van der Waals surface area contributed by atoms with Crippen molar-refractivity contribution >= 4 is 21.5 Å². The molecule has 0 radical (unpaired) electrons. The van der Waals surface area contributed by atoms with Gasteiger partial charge in [-0.05, 0) is 25.5 Å². The normalized spacial score (nSPS) is 19.0. The van der Waals surface area contributed by atoms with Crippen LogP contribution >= 0.6 is 0 Å². The van der Waals surface area contributed by atoms with Crippen molar-refractivity contribution in [2.24, 2.45) is 4.99 Å². The van der Waals surface area contributed by atoms with Crippen molar-refractivity contribution in [2.75, 3.05) is 43.6 Å². The van der Waals surface area contributed by atoms with Crippen LogP contribution in [0.3, 0.4) is 0 Å². The van der Waals surface area contributed by atoms with Crippen molar-refractivity contribution in [3.05, 3.63) is 29.8 Å². The lowest BCUT2D eigenvalue weighted by molar-refractivity contribution is 0.599. The molecule has 1 atom stereocenters. The molecule has 1 aliphatic rings. The average Bonchev–Trinajstić information content (AvgIpc) is 2.94. The van der Waals surface area contributed by atoms with Crippen molar-refractivity contribution in [1.82, 2.24) is 10.6 Å². The first-order valence-electron chi connectivity index (χ1n) is 7.84. The lowest BCUT2D eigenvalue weighted by Gasteiger charge is -2.20. The molecule has 2 rings (SSSR count). The van der Waals surface area contributed by atoms with Crippen molar-refractivity contribution in [3.8, 4) is 0 Å². The highest BCUT2D eigenvalue weighted by molar-refractivity contribution is 7.90. The van der Waals surface area contributed by atoms with Gasteiger partial charge >= 0.3 is 0 Å². The van der Waals surface area contributed by atoms with Crippen molar-refractivity contribution in [2.45, 2.75) is 19.4 Å². The maximum absolute atomic E-state index is 11.2. The van der Waals surface area contributed by atoms with Gasteiger partial charge < -0.3 is 15.5 Å². The third-order valence-corrected chi connectivity index (χ3v) is 4.86. The molecule has 1 saturated heterocycles. The van der Waals surface area contributed by atoms with Crippen LogP contribution in [0.1, 0.15) is 12.0 Å². The van der Waals surface area contributed by atoms with E-state index in [-0.39, 0.29) is 5.75 Å². The van der Waals surface area contributed by atoms with Gasteiger partial charge in [-0.1, -0.05) is 17.7 Å². The molecule has 0 saturated carbocycles. The van der Waals surface area contributed by atoms with Crippen LogP contribution in [-0.2, 0) is 9.84 Å². The summed E-state index contributed by atoms with van der Waals surface area (Å²) in [6.07, 6.45) is 2.27. The molecule has 0 aliphatic carbocycles. The Morgan fingerprint density at radius 2 is 2.04 bits per heavy atom. The molecular weight excluding hydrogens is 312 g/mol. The molecule has 1 fully saturated rings. The van der Waals surface area contributed by atoms with E-state index in [1.54, 1.807) is 7.05 Å². The number of rotatable bonds is 5. The van der Waals surface area contributed by atoms with Crippen molar-refractivity contribution in [3.63, 3.8) is 0 Å². The van der Waals surface area contributed by atoms with Gasteiger partial charge in [0.05, 0.1) is 5.75 Å². The fourth-order valence-corrected chi connectivity index (χ4v) is 3.08. The number of sulfone groups is 1. The predicted octanol–water partition coefficient (Wildman–Crippen LogP) is 0.783. The summed E-state index contributed by atoms with van der Waals surface area (Å²) >= 11 is 0. The quantitative estimate of drug-likeness (QED) is 0.613. The molecule has 1 aromatic rings. The SMILES string of the molecule is CN=C(NCCS(C)(=O)=O)NC1CCN(c2ccc(C)cc2)C1. The van der Waals surface area contributed by atoms with Gasteiger partial charge in [0.15, 0.2) is 5.96 Å². The molecule has 7 heteroatoms. The zero-order chi connectivity index (χ0) is 16.9. The lowest BCUT2D eigenvalue weighted by Crippen LogP contribution is -2.45. The summed E-state index contributed by atoms with van der Waals surface area (Å²) in [5.41, 5.74) is 2.50. The van der Waals surface area contributed by atoms with E-state index in [4.69, 9.17) is 0 Å². The highest BCUT2D eigenvalue weighted by Gasteiger charge is 2.23. The number of guanidine groups is 1. The summed E-state index contributed by atoms with van der Waals surface area (Å²) in [5, 5.41) is 6.42. The smallest absolute Gasteiger partial charge is 0.191 e. The van der Waals surface area contributed by atoms with Crippen LogP contribution in [0.15, 0.2) is 29.3 Å². The van der Waals surface area contributed by atoms with Crippen molar-refractivity contribution < 1.29 is 8.42 Å². The summed E-state index contributed by atoms with van der Waals surface area (Å²) in [5.74, 6) is 0.762. The van der Waals surface area contributed by atoms with E-state index >= 15 is 0 Å². The Kier molecular flexibility index (Phi) is 5.87. The zero-order valence-electron chi connectivity index (χ0n) is 14.0. The van der Waals surface area contributed by atoms with E-state index < -0.39 is 9.84 Å². The van der Waals surface area contributed by atoms with Crippen LogP contribution in [0.4, 0.5) is 5.69 Å². The van der Waals surface area contributed by atoms with Gasteiger partial charge in [0.2, 0.25) is 0 Å². The number of aliphatic imine (C=N–C) groups is 1. The fourth-order valence-electron chi connectivity index (χ4n) is 2.61. The number of nitrogens with one attached hydrogen (secondary N) is 2. The van der Waals surface area contributed by atoms with Gasteiger partial charge in [-0.25, -0.2) is 8.42 Å². The molecule has 0 aromatic heterocycles. The third kappa shape index (κ3) is 5.74. The number of hydrogen-bond acceptors (Lipinski definition) is 4. The predicted molar refractivity (Wildman–Crippen MR) is 96.0 cm³/mol. The minimum atomic E-state index is -2.96. The molecule has 128 valence electrons. The standard InChI is InChI=1S/C16H26N4O2S/c1-13-4-6-15(7-5-13)20-10-8-14(12-20)19-16(17-2)18-9-11-23(3,21)22/h4-7,14H,8-12H2,1-3H3,(H2,17,18,19). The zero-order valence-corrected chi connectivity index (χ0v) is 14.9. The van der Waals surface area contributed by atoms with E-state index in [0.29, 0.717) is 18.5 Å². The summed E-state index contributed by atoms with van der Waals surface area (Å²) in [6, 6.07) is 8.86. The Morgan fingerprint density at radius 3 is 2.65 bits per heavy atom. The topological polar surface area (TPSA) is 73.8 Å². The van der Waals surface area contributed by atoms with Gasteiger partial charge in [0.25, 0.3) is 0 Å². The minimum absolute atomic E-state index is 0.105. The maximum Gasteiger partial charge on any atom is 0.191 e. The Hall–Kier alpha value is -1.76. The second kappa shape index (κ2) is 7.68. The molecule has 1 aliphatic heterocycles. The molecule has 2 N–H and O–H groups in total. The van der Waals surface area contributed by atoms with E-state index in [1.165, 1.54) is 17.5 Å². The molecule has 23 heavy (non-hydrogen) atoms. The molecule has 0 bridgehead atoms. The van der Waals surface area contributed by atoms with Gasteiger partial charge in [0, 0.05) is 44.7 Å². The lowest BCUT2D eigenvalue weighted by atomic mass is 10.2. The average molecular weight is 338 g/mol. The Labute approximate surface area is 138 Å². The molecule has 1 aromatic carbocycles. The van der Waals surface area contributed by atoms with Crippen LogP contribution in [0, 0.1) is 6.92 Å². The van der Waals surface area contributed by atoms with Crippen LogP contribution in [-0.4, -0.2) is 59.1 Å². The van der Waals surface area contributed by atoms with Crippen molar-refractivity contribution in [1.29, 1.82) is 0 Å². The van der Waals surface area contributed by atoms with E-state index in [0.717, 1.165) is 19.5 Å². The second-order valence-corrected chi connectivity index (χ2v) is 8.30. The molecule has 6 nitrogen and oxygen atoms in total. The fraction of sp³-hybridized carbons (Fsp3) is 0.562. The second-order valence-electron chi connectivity index (χ2n) is 6.04. The first-order valence-corrected chi connectivity index (χ1v) is 9.90. The summed E-state index contributed by atoms with van der Waals surface area (Å²) in [4.78, 5) is 6.51. The summed E-state index contributed by atoms with van der Waals surface area (Å²) in [7, 11) is -1.26. The number of hydrogen-bond donors (Lipinski definition) is 2. The highest BCUT2D eigenvalue weighted by atomic mass is 32.2. The third-order valence-electron chi connectivity index (χ3n) is 3.92. The number of aryl methyl sites for hydroxylation is 1. The number of nitrogens with zero attached hydrogens (tertiary/aromatic N) is 2. The first kappa shape index (κ1) is 17.6. The van der Waals surface area contributed by atoms with Crippen LogP contribution in [0.5, 0.6) is 0 Å². The Morgan fingerprint density at radius 1 is 1.35 bits per heavy atom. The molecule has 1 unspecified atom stereocenters. The van der Waals surface area contributed by atoms with Gasteiger partial charge in [0.1, 0.15) is 9.84 Å². The molecule has 1 heterocycles. The minimum Gasteiger partial charge on any atom is -0.369 e. The van der Waals surface area contributed by atoms with Gasteiger partial charge in [-0.15, -0.1) is 0 Å². The summed E-state index contributed by atoms with van der Waals surface area (Å²) in [6.45, 7) is 4.37. The van der Waals surface area contributed by atoms with E-state index in [9.17, 15) is 8.42 Å². The number of benzene rings is 1. The highest BCUT2D eigenvalue weighted by Crippen LogP contribution is 2.20. The van der Waals surface area contributed by atoms with Gasteiger partial charge in [-0.3, -0.25) is 4.99 Å². The van der Waals surface area contributed by atoms with E-state index in [2.05, 4.69) is 51.7 Å². The molecule has 0 spiro atoms. The van der Waals surface area contributed by atoms with E-state index in [1.807, 2.05) is 0 Å². The van der Waals surface area contributed by atoms with Gasteiger partial charge in [-0.2, -0.15) is 0 Å². The number of anilines is 1. The van der Waals surface area contributed by atoms with Crippen LogP contribution < -0.4 is 15.5 Å². The monoisotopic (exact) mass is 338 g/mol. The Bertz CT molecular complexity index is 641. The maximum atomic E-state index is 11.2. The van der Waals surface area contributed by atoms with Crippen LogP contribution in [0.25, 0.3) is 0 Å². The summed E-state index contributed by atoms with van der Waals surface area (Å²) < 4.78 is 22.3. The molecular formula is C16H26N4O2S.